The van der Waals surface area contributed by atoms with Crippen LogP contribution in [0.25, 0.3) is 64.3 Å². The van der Waals surface area contributed by atoms with Crippen LogP contribution in [0, 0.1) is 23.7 Å². The molecule has 6 aliphatic carbocycles. The van der Waals surface area contributed by atoms with Gasteiger partial charge in [-0.25, -0.2) is 0 Å². The Morgan fingerprint density at radius 2 is 1.15 bits per heavy atom. The number of hydrogen-bond acceptors (Lipinski definition) is 2. The minimum Gasteiger partial charge on any atom is -0.310 e. The van der Waals surface area contributed by atoms with E-state index in [0.717, 1.165) is 11.8 Å². The van der Waals surface area contributed by atoms with E-state index >= 15 is 0 Å². The summed E-state index contributed by atoms with van der Waals surface area (Å²) < 4.78 is 2.70. The Labute approximate surface area is 362 Å². The number of benzene rings is 8. The largest absolute Gasteiger partial charge is 0.310 e. The van der Waals surface area contributed by atoms with Gasteiger partial charge in [-0.05, 0) is 159 Å². The quantitative estimate of drug-likeness (QED) is 0.171. The van der Waals surface area contributed by atoms with Crippen molar-refractivity contribution in [2.75, 3.05) is 4.90 Å². The molecule has 0 unspecified atom stereocenters. The summed E-state index contributed by atoms with van der Waals surface area (Å²) in [6.45, 7) is 4.82. The molecule has 1 heterocycles. The Morgan fingerprint density at radius 3 is 1.98 bits per heavy atom. The fraction of sp³-hybridized carbons (Fsp3) is 0.220. The predicted octanol–water partition coefficient (Wildman–Crippen LogP) is 16.4. The average Bonchev–Trinajstić information content (AvgIpc) is 3.90. The first-order chi connectivity index (χ1) is 30.0. The summed E-state index contributed by atoms with van der Waals surface area (Å²) >= 11 is 1.94. The highest BCUT2D eigenvalue weighted by Crippen LogP contribution is 2.70. The van der Waals surface area contributed by atoms with E-state index in [2.05, 4.69) is 183 Å². The standard InChI is InChI=1S/C59H47NS/c1-58(2)50-20-7-5-17-46(50)48-19-10-18-43(56(48)58)38-13-9-14-41(33-38)60(53-22-11-23-54-55(53)49-26-24-37-12-3-4-15-44(37)57(49)61-54)42-25-27-47-45-16-6-8-21-51(45)59(52(47)34-42)39-29-35-28-36(31-39)32-40(59)30-35/h3-27,33-36,39-40H,28-32H2,1-2H3. The third-order valence-electron chi connectivity index (χ3n) is 16.4. The van der Waals surface area contributed by atoms with Crippen LogP contribution in [0.5, 0.6) is 0 Å². The van der Waals surface area contributed by atoms with Gasteiger partial charge < -0.3 is 4.90 Å². The van der Waals surface area contributed by atoms with Crippen molar-refractivity contribution in [1.82, 2.24) is 0 Å². The molecule has 8 aromatic carbocycles. The molecule has 0 saturated heterocycles. The van der Waals surface area contributed by atoms with Crippen LogP contribution >= 0.6 is 11.3 Å². The lowest BCUT2D eigenvalue weighted by Gasteiger charge is -2.61. The summed E-state index contributed by atoms with van der Waals surface area (Å²) in [6, 6.07) is 63.2. The summed E-state index contributed by atoms with van der Waals surface area (Å²) in [5.74, 6) is 3.24. The molecule has 9 aromatic rings. The van der Waals surface area contributed by atoms with Crippen molar-refractivity contribution < 1.29 is 0 Å². The topological polar surface area (TPSA) is 3.24 Å². The first-order valence-corrected chi connectivity index (χ1v) is 23.5. The number of thiophene rings is 1. The van der Waals surface area contributed by atoms with Gasteiger partial charge in [0, 0.05) is 42.4 Å². The average molecular weight is 802 g/mol. The molecule has 294 valence electrons. The second-order valence-electron chi connectivity index (χ2n) is 19.6. The zero-order valence-electron chi connectivity index (χ0n) is 34.8. The fourth-order valence-corrected chi connectivity index (χ4v) is 15.6. The van der Waals surface area contributed by atoms with Crippen LogP contribution in [0.1, 0.15) is 68.2 Å². The molecular formula is C59H47NS. The van der Waals surface area contributed by atoms with Crippen molar-refractivity contribution in [2.45, 2.75) is 56.8 Å². The van der Waals surface area contributed by atoms with Crippen LogP contribution in [0.3, 0.4) is 0 Å². The van der Waals surface area contributed by atoms with Gasteiger partial charge in [-0.1, -0.05) is 141 Å². The number of rotatable bonds is 4. The summed E-state index contributed by atoms with van der Waals surface area (Å²) in [5, 5.41) is 5.31. The smallest absolute Gasteiger partial charge is 0.0554 e. The van der Waals surface area contributed by atoms with E-state index < -0.39 is 0 Å². The van der Waals surface area contributed by atoms with Crippen LogP contribution in [-0.4, -0.2) is 0 Å². The molecule has 1 aromatic heterocycles. The van der Waals surface area contributed by atoms with Gasteiger partial charge in [0.15, 0.2) is 0 Å². The molecule has 0 radical (unpaired) electrons. The second-order valence-corrected chi connectivity index (χ2v) is 20.7. The first-order valence-electron chi connectivity index (χ1n) is 22.7. The van der Waals surface area contributed by atoms with Gasteiger partial charge in [-0.3, -0.25) is 0 Å². The lowest BCUT2D eigenvalue weighted by atomic mass is 9.43. The van der Waals surface area contributed by atoms with Crippen molar-refractivity contribution in [1.29, 1.82) is 0 Å². The number of anilines is 3. The monoisotopic (exact) mass is 801 g/mol. The van der Waals surface area contributed by atoms with E-state index in [9.17, 15) is 0 Å². The van der Waals surface area contributed by atoms with Crippen molar-refractivity contribution in [2.24, 2.45) is 23.7 Å². The summed E-state index contributed by atoms with van der Waals surface area (Å²) in [5.41, 5.74) is 18.0. The first kappa shape index (κ1) is 34.7. The molecule has 6 aliphatic rings. The minimum atomic E-state index is -0.107. The Balaban J connectivity index is 1.02. The van der Waals surface area contributed by atoms with Gasteiger partial charge in [0.2, 0.25) is 0 Å². The van der Waals surface area contributed by atoms with Crippen molar-refractivity contribution in [3.05, 3.63) is 186 Å². The lowest BCUT2D eigenvalue weighted by Crippen LogP contribution is -2.55. The van der Waals surface area contributed by atoms with Gasteiger partial charge in [-0.2, -0.15) is 0 Å². The van der Waals surface area contributed by atoms with Gasteiger partial charge in [0.05, 0.1) is 5.69 Å². The predicted molar refractivity (Wildman–Crippen MR) is 258 cm³/mol. The van der Waals surface area contributed by atoms with E-state index in [1.54, 1.807) is 11.1 Å². The summed E-state index contributed by atoms with van der Waals surface area (Å²) in [7, 11) is 0. The van der Waals surface area contributed by atoms with Crippen LogP contribution in [-0.2, 0) is 10.8 Å². The second kappa shape index (κ2) is 12.3. The van der Waals surface area contributed by atoms with Gasteiger partial charge in [-0.15, -0.1) is 11.3 Å². The van der Waals surface area contributed by atoms with E-state index in [1.807, 2.05) is 11.3 Å². The third kappa shape index (κ3) is 4.57. The van der Waals surface area contributed by atoms with Crippen LogP contribution < -0.4 is 4.90 Å². The van der Waals surface area contributed by atoms with Crippen molar-refractivity contribution in [3.63, 3.8) is 0 Å². The highest BCUT2D eigenvalue weighted by Gasteiger charge is 2.61. The molecule has 2 heteroatoms. The fourth-order valence-electron chi connectivity index (χ4n) is 14.3. The van der Waals surface area contributed by atoms with Gasteiger partial charge in [0.1, 0.15) is 0 Å². The number of hydrogen-bond donors (Lipinski definition) is 0. The van der Waals surface area contributed by atoms with Crippen molar-refractivity contribution in [3.8, 4) is 33.4 Å². The third-order valence-corrected chi connectivity index (χ3v) is 17.6. The zero-order chi connectivity index (χ0) is 40.2. The lowest BCUT2D eigenvalue weighted by molar-refractivity contribution is -0.0399. The van der Waals surface area contributed by atoms with Gasteiger partial charge in [0.25, 0.3) is 0 Å². The molecule has 0 N–H and O–H groups in total. The molecular weight excluding hydrogens is 755 g/mol. The number of nitrogens with zero attached hydrogens (tertiary/aromatic N) is 1. The van der Waals surface area contributed by atoms with E-state index in [0.29, 0.717) is 11.8 Å². The molecule has 4 fully saturated rings. The van der Waals surface area contributed by atoms with Crippen molar-refractivity contribution >= 4 is 59.3 Å². The Bertz CT molecular complexity index is 3300. The SMILES string of the molecule is CC1(C)c2ccccc2-c2cccc(-c3cccc(N(c4ccc5c(c4)C4(c6ccccc6-5)C5CC6CC(C5)CC4C6)c4cccc5sc6c7ccccc7ccc6c45)c3)c21. The molecule has 0 aliphatic heterocycles. The molecule has 4 saturated carbocycles. The molecule has 15 rings (SSSR count). The molecule has 1 spiro atoms. The molecule has 61 heavy (non-hydrogen) atoms. The van der Waals surface area contributed by atoms with E-state index in [1.165, 1.54) is 125 Å². The highest BCUT2D eigenvalue weighted by molar-refractivity contribution is 7.26. The Kier molecular flexibility index (Phi) is 7.02. The molecule has 1 nitrogen and oxygen atoms in total. The summed E-state index contributed by atoms with van der Waals surface area (Å²) in [4.78, 5) is 2.63. The van der Waals surface area contributed by atoms with E-state index in [4.69, 9.17) is 0 Å². The summed E-state index contributed by atoms with van der Waals surface area (Å²) in [6.07, 6.45) is 6.99. The molecule has 0 atom stereocenters. The maximum Gasteiger partial charge on any atom is 0.0554 e. The van der Waals surface area contributed by atoms with Crippen LogP contribution in [0.2, 0.25) is 0 Å². The van der Waals surface area contributed by atoms with Gasteiger partial charge >= 0.3 is 0 Å². The molecule has 4 bridgehead atoms. The Morgan fingerprint density at radius 1 is 0.492 bits per heavy atom. The van der Waals surface area contributed by atoms with Crippen LogP contribution in [0.15, 0.2) is 164 Å². The van der Waals surface area contributed by atoms with E-state index in [-0.39, 0.29) is 10.8 Å². The maximum atomic E-state index is 2.67. The Hall–Kier alpha value is -5.96. The normalized spacial score (nSPS) is 23.4. The molecule has 0 amide bonds. The number of fused-ring (bicyclic) bond motifs is 11. The van der Waals surface area contributed by atoms with Crippen LogP contribution in [0.4, 0.5) is 17.1 Å². The zero-order valence-corrected chi connectivity index (χ0v) is 35.6. The maximum absolute atomic E-state index is 2.67. The minimum absolute atomic E-state index is 0.0913. The highest BCUT2D eigenvalue weighted by atomic mass is 32.1.